The molecule has 0 saturated heterocycles. The fraction of sp³-hybridized carbons (Fsp3) is 0.133. The number of hydrogen-bond donors (Lipinski definition) is 3. The van der Waals surface area contributed by atoms with Crippen molar-refractivity contribution in [1.29, 1.82) is 0 Å². The Morgan fingerprint density at radius 1 is 1.41 bits per heavy atom. The number of aromatic amines is 1. The van der Waals surface area contributed by atoms with Crippen molar-refractivity contribution >= 4 is 39.5 Å². The van der Waals surface area contributed by atoms with E-state index in [-0.39, 0.29) is 5.91 Å². The third kappa shape index (κ3) is 2.58. The first-order valence-corrected chi connectivity index (χ1v) is 7.51. The summed E-state index contributed by atoms with van der Waals surface area (Å²) in [5.41, 5.74) is 11.7. The zero-order chi connectivity index (χ0) is 15.7. The fourth-order valence-electron chi connectivity index (χ4n) is 2.30. The SMILES string of the molecule is Cc1nc(N)sc1C(=O)N/N=C\c1c(C)[nH]c2ccccc12. The van der Waals surface area contributed by atoms with Crippen LogP contribution in [-0.4, -0.2) is 22.1 Å². The first-order chi connectivity index (χ1) is 10.6. The molecule has 3 rings (SSSR count). The van der Waals surface area contributed by atoms with E-state index in [0.717, 1.165) is 33.5 Å². The number of aromatic nitrogens is 2. The summed E-state index contributed by atoms with van der Waals surface area (Å²) in [5.74, 6) is -0.305. The van der Waals surface area contributed by atoms with Gasteiger partial charge >= 0.3 is 0 Å². The Morgan fingerprint density at radius 3 is 2.91 bits per heavy atom. The Labute approximate surface area is 131 Å². The highest BCUT2D eigenvalue weighted by molar-refractivity contribution is 7.17. The number of carbonyl (C=O) groups is 1. The minimum Gasteiger partial charge on any atom is -0.375 e. The van der Waals surface area contributed by atoms with Crippen molar-refractivity contribution in [1.82, 2.24) is 15.4 Å². The van der Waals surface area contributed by atoms with Gasteiger partial charge in [0.05, 0.1) is 11.9 Å². The number of hydrogen-bond acceptors (Lipinski definition) is 5. The van der Waals surface area contributed by atoms with Crippen LogP contribution in [0.5, 0.6) is 0 Å². The van der Waals surface area contributed by atoms with Gasteiger partial charge in [-0.3, -0.25) is 4.79 Å². The first kappa shape index (κ1) is 14.3. The summed E-state index contributed by atoms with van der Waals surface area (Å²) in [6, 6.07) is 7.95. The highest BCUT2D eigenvalue weighted by Crippen LogP contribution is 2.20. The van der Waals surface area contributed by atoms with Gasteiger partial charge in [0.2, 0.25) is 0 Å². The van der Waals surface area contributed by atoms with Crippen LogP contribution in [0.1, 0.15) is 26.6 Å². The Kier molecular flexibility index (Phi) is 3.64. The summed E-state index contributed by atoms with van der Waals surface area (Å²) < 4.78 is 0. The molecule has 1 aromatic carbocycles. The van der Waals surface area contributed by atoms with Crippen LogP contribution >= 0.6 is 11.3 Å². The molecular formula is C15H15N5OS. The number of nitrogen functional groups attached to an aromatic ring is 1. The lowest BCUT2D eigenvalue weighted by Gasteiger charge is -1.97. The van der Waals surface area contributed by atoms with E-state index >= 15 is 0 Å². The van der Waals surface area contributed by atoms with Gasteiger partial charge < -0.3 is 10.7 Å². The number of carbonyl (C=O) groups excluding carboxylic acids is 1. The largest absolute Gasteiger partial charge is 0.375 e. The molecule has 0 aliphatic carbocycles. The maximum Gasteiger partial charge on any atom is 0.283 e. The van der Waals surface area contributed by atoms with E-state index < -0.39 is 0 Å². The number of amides is 1. The van der Waals surface area contributed by atoms with Gasteiger partial charge in [0.1, 0.15) is 4.88 Å². The number of rotatable bonds is 3. The van der Waals surface area contributed by atoms with Crippen LogP contribution < -0.4 is 11.2 Å². The minimum absolute atomic E-state index is 0.305. The van der Waals surface area contributed by atoms with Crippen molar-refractivity contribution < 1.29 is 4.79 Å². The molecule has 4 N–H and O–H groups in total. The van der Waals surface area contributed by atoms with Gasteiger partial charge in [0.15, 0.2) is 5.13 Å². The number of thiazole rings is 1. The molecule has 22 heavy (non-hydrogen) atoms. The Balaban J connectivity index is 1.81. The molecule has 7 heteroatoms. The first-order valence-electron chi connectivity index (χ1n) is 6.70. The predicted molar refractivity (Wildman–Crippen MR) is 89.4 cm³/mol. The van der Waals surface area contributed by atoms with Crippen molar-refractivity contribution in [2.45, 2.75) is 13.8 Å². The Hall–Kier alpha value is -2.67. The van der Waals surface area contributed by atoms with Crippen LogP contribution in [0, 0.1) is 13.8 Å². The van der Waals surface area contributed by atoms with E-state index in [0.29, 0.717) is 15.7 Å². The third-order valence-electron chi connectivity index (χ3n) is 3.32. The number of anilines is 1. The lowest BCUT2D eigenvalue weighted by molar-refractivity contribution is 0.0958. The molecule has 0 fully saturated rings. The lowest BCUT2D eigenvalue weighted by atomic mass is 10.1. The molecule has 0 aliphatic heterocycles. The summed E-state index contributed by atoms with van der Waals surface area (Å²) in [4.78, 5) is 19.8. The molecule has 0 aliphatic rings. The van der Waals surface area contributed by atoms with Crippen LogP contribution in [0.3, 0.4) is 0 Å². The number of nitrogens with zero attached hydrogens (tertiary/aromatic N) is 2. The van der Waals surface area contributed by atoms with Crippen molar-refractivity contribution in [3.63, 3.8) is 0 Å². The van der Waals surface area contributed by atoms with Gasteiger partial charge in [-0.25, -0.2) is 10.4 Å². The predicted octanol–water partition coefficient (Wildman–Crippen LogP) is 2.59. The molecule has 0 spiro atoms. The van der Waals surface area contributed by atoms with Gasteiger partial charge in [-0.05, 0) is 19.9 Å². The average Bonchev–Trinajstić information content (AvgIpc) is 2.98. The van der Waals surface area contributed by atoms with Gasteiger partial charge in [-0.2, -0.15) is 5.10 Å². The van der Waals surface area contributed by atoms with Gasteiger partial charge in [-0.15, -0.1) is 0 Å². The number of nitrogens with one attached hydrogen (secondary N) is 2. The Morgan fingerprint density at radius 2 is 2.18 bits per heavy atom. The molecule has 1 amide bonds. The second-order valence-corrected chi connectivity index (χ2v) is 5.91. The molecule has 2 aromatic heterocycles. The zero-order valence-electron chi connectivity index (χ0n) is 12.2. The molecule has 3 aromatic rings. The number of fused-ring (bicyclic) bond motifs is 1. The van der Waals surface area contributed by atoms with E-state index in [2.05, 4.69) is 20.5 Å². The maximum absolute atomic E-state index is 12.0. The molecule has 0 saturated carbocycles. The van der Waals surface area contributed by atoms with E-state index in [4.69, 9.17) is 5.73 Å². The second-order valence-electron chi connectivity index (χ2n) is 4.88. The topological polar surface area (TPSA) is 96.2 Å². The van der Waals surface area contributed by atoms with E-state index in [1.807, 2.05) is 31.2 Å². The summed E-state index contributed by atoms with van der Waals surface area (Å²) in [6.45, 7) is 3.71. The molecule has 2 heterocycles. The highest BCUT2D eigenvalue weighted by Gasteiger charge is 2.13. The van der Waals surface area contributed by atoms with Crippen LogP contribution in [0.15, 0.2) is 29.4 Å². The number of aryl methyl sites for hydroxylation is 2. The Bertz CT molecular complexity index is 877. The number of benzene rings is 1. The number of nitrogens with two attached hydrogens (primary N) is 1. The second kappa shape index (κ2) is 5.61. The van der Waals surface area contributed by atoms with Crippen molar-refractivity contribution in [3.8, 4) is 0 Å². The van der Waals surface area contributed by atoms with Gasteiger partial charge in [0, 0.05) is 22.2 Å². The number of hydrazone groups is 1. The zero-order valence-corrected chi connectivity index (χ0v) is 13.0. The standard InChI is InChI=1S/C15H15N5OS/c1-8-11(10-5-3-4-6-12(10)18-8)7-17-20-14(21)13-9(2)19-15(16)22-13/h3-7,18H,1-2H3,(H2,16,19)(H,20,21)/b17-7-. The summed E-state index contributed by atoms with van der Waals surface area (Å²) in [5, 5.41) is 5.49. The highest BCUT2D eigenvalue weighted by atomic mass is 32.1. The molecule has 0 radical (unpaired) electrons. The molecule has 6 nitrogen and oxygen atoms in total. The van der Waals surface area contributed by atoms with Crippen LogP contribution in [0.2, 0.25) is 0 Å². The van der Waals surface area contributed by atoms with E-state index in [1.165, 1.54) is 0 Å². The average molecular weight is 313 g/mol. The van der Waals surface area contributed by atoms with Crippen LogP contribution in [0.4, 0.5) is 5.13 Å². The van der Waals surface area contributed by atoms with Crippen molar-refractivity contribution in [3.05, 3.63) is 46.1 Å². The monoisotopic (exact) mass is 313 g/mol. The quantitative estimate of drug-likeness (QED) is 0.512. The molecule has 0 bridgehead atoms. The fourth-order valence-corrected chi connectivity index (χ4v) is 3.02. The number of para-hydroxylation sites is 1. The summed E-state index contributed by atoms with van der Waals surface area (Å²) in [7, 11) is 0. The van der Waals surface area contributed by atoms with Gasteiger partial charge in [-0.1, -0.05) is 29.5 Å². The van der Waals surface area contributed by atoms with Crippen LogP contribution in [0.25, 0.3) is 10.9 Å². The normalized spacial score (nSPS) is 11.4. The smallest absolute Gasteiger partial charge is 0.283 e. The van der Waals surface area contributed by atoms with Gasteiger partial charge in [0.25, 0.3) is 5.91 Å². The third-order valence-corrected chi connectivity index (χ3v) is 4.31. The molecule has 0 atom stereocenters. The maximum atomic E-state index is 12.0. The van der Waals surface area contributed by atoms with E-state index in [1.54, 1.807) is 13.1 Å². The molecule has 112 valence electrons. The van der Waals surface area contributed by atoms with Crippen molar-refractivity contribution in [2.24, 2.45) is 5.10 Å². The van der Waals surface area contributed by atoms with Crippen molar-refractivity contribution in [2.75, 3.05) is 5.73 Å². The lowest BCUT2D eigenvalue weighted by Crippen LogP contribution is -2.17. The molecule has 0 unspecified atom stereocenters. The molecular weight excluding hydrogens is 298 g/mol. The van der Waals surface area contributed by atoms with E-state index in [9.17, 15) is 4.79 Å². The van der Waals surface area contributed by atoms with Crippen LogP contribution in [-0.2, 0) is 0 Å². The summed E-state index contributed by atoms with van der Waals surface area (Å²) >= 11 is 1.15. The minimum atomic E-state index is -0.305. The summed E-state index contributed by atoms with van der Waals surface area (Å²) in [6.07, 6.45) is 1.64. The number of H-pyrrole nitrogens is 1.